The Hall–Kier alpha value is -2.84. The van der Waals surface area contributed by atoms with Gasteiger partial charge in [-0.05, 0) is 42.5 Å². The van der Waals surface area contributed by atoms with Crippen LogP contribution in [0.2, 0.25) is 5.02 Å². The van der Waals surface area contributed by atoms with Crippen LogP contribution in [0.4, 0.5) is 5.69 Å². The van der Waals surface area contributed by atoms with Gasteiger partial charge in [-0.15, -0.1) is 0 Å². The predicted molar refractivity (Wildman–Crippen MR) is 101 cm³/mol. The Labute approximate surface area is 160 Å². The fourth-order valence-electron chi connectivity index (χ4n) is 2.29. The van der Waals surface area contributed by atoms with Crippen LogP contribution in [0.25, 0.3) is 11.3 Å². The Kier molecular flexibility index (Phi) is 5.20. The molecule has 0 aliphatic heterocycles. The number of aromatic nitrogens is 1. The smallest absolute Gasteiger partial charge is 0.277 e. The molecule has 0 fully saturated rings. The summed E-state index contributed by atoms with van der Waals surface area (Å²) in [6.07, 6.45) is 0. The summed E-state index contributed by atoms with van der Waals surface area (Å²) in [4.78, 5) is 12.4. The largest absolute Gasteiger partial charge is 0.506 e. The van der Waals surface area contributed by atoms with Crippen molar-refractivity contribution in [2.24, 2.45) is 0 Å². The van der Waals surface area contributed by atoms with Crippen molar-refractivity contribution in [3.05, 3.63) is 59.2 Å². The topological polar surface area (TPSA) is 110 Å². The highest BCUT2D eigenvalue weighted by molar-refractivity contribution is 7.91. The summed E-state index contributed by atoms with van der Waals surface area (Å²) in [6.45, 7) is 1.51. The Morgan fingerprint density at radius 2 is 1.89 bits per heavy atom. The third-order valence-electron chi connectivity index (χ3n) is 3.83. The first-order chi connectivity index (χ1) is 12.8. The Balaban J connectivity index is 1.84. The highest BCUT2D eigenvalue weighted by Gasteiger charge is 2.18. The lowest BCUT2D eigenvalue weighted by Gasteiger charge is -2.08. The van der Waals surface area contributed by atoms with E-state index in [9.17, 15) is 18.3 Å². The normalized spacial score (nSPS) is 11.3. The maximum atomic E-state index is 12.4. The second-order valence-electron chi connectivity index (χ2n) is 5.62. The summed E-state index contributed by atoms with van der Waals surface area (Å²) < 4.78 is 29.1. The average molecular weight is 407 g/mol. The number of rotatable bonds is 5. The van der Waals surface area contributed by atoms with Gasteiger partial charge < -0.3 is 14.9 Å². The minimum atomic E-state index is -3.48. The number of sulfone groups is 1. The Bertz CT molecular complexity index is 1090. The van der Waals surface area contributed by atoms with Crippen LogP contribution in [0, 0.1) is 0 Å². The number of hydrogen-bond acceptors (Lipinski definition) is 6. The quantitative estimate of drug-likeness (QED) is 0.624. The zero-order chi connectivity index (χ0) is 19.6. The number of anilines is 1. The van der Waals surface area contributed by atoms with Gasteiger partial charge in [0.1, 0.15) is 5.75 Å². The van der Waals surface area contributed by atoms with Gasteiger partial charge in [0.05, 0.1) is 16.3 Å². The van der Waals surface area contributed by atoms with Crippen molar-refractivity contribution in [1.29, 1.82) is 0 Å². The lowest BCUT2D eigenvalue weighted by atomic mass is 10.1. The first-order valence-corrected chi connectivity index (χ1v) is 9.93. The van der Waals surface area contributed by atoms with Crippen LogP contribution in [-0.2, 0) is 9.84 Å². The van der Waals surface area contributed by atoms with Crippen molar-refractivity contribution in [1.82, 2.24) is 5.16 Å². The van der Waals surface area contributed by atoms with E-state index in [-0.39, 0.29) is 27.8 Å². The molecule has 1 amide bonds. The molecule has 1 aromatic heterocycles. The fourth-order valence-corrected chi connectivity index (χ4v) is 3.33. The molecule has 3 aromatic rings. The number of aromatic hydroxyl groups is 1. The molecule has 9 heteroatoms. The second-order valence-corrected chi connectivity index (χ2v) is 8.33. The molecule has 140 valence electrons. The molecule has 0 saturated heterocycles. The number of carbonyl (C=O) groups excluding carboxylic acids is 1. The van der Waals surface area contributed by atoms with E-state index in [4.69, 9.17) is 16.1 Å². The summed E-state index contributed by atoms with van der Waals surface area (Å²) >= 11 is 5.84. The second kappa shape index (κ2) is 7.42. The van der Waals surface area contributed by atoms with E-state index in [1.54, 1.807) is 24.3 Å². The summed E-state index contributed by atoms with van der Waals surface area (Å²) in [7, 11) is -3.48. The first-order valence-electron chi connectivity index (χ1n) is 7.90. The zero-order valence-electron chi connectivity index (χ0n) is 14.1. The Morgan fingerprint density at radius 1 is 1.19 bits per heavy atom. The van der Waals surface area contributed by atoms with Crippen molar-refractivity contribution in [3.8, 4) is 17.1 Å². The molecule has 3 rings (SSSR count). The van der Waals surface area contributed by atoms with Crippen molar-refractivity contribution in [2.75, 3.05) is 11.1 Å². The number of phenolic OH excluding ortho intramolecular Hbond substituents is 1. The van der Waals surface area contributed by atoms with Crippen molar-refractivity contribution < 1.29 is 22.8 Å². The molecule has 0 saturated carbocycles. The van der Waals surface area contributed by atoms with E-state index in [0.29, 0.717) is 16.3 Å². The van der Waals surface area contributed by atoms with Gasteiger partial charge in [0.15, 0.2) is 21.3 Å². The number of carbonyl (C=O) groups is 1. The van der Waals surface area contributed by atoms with Gasteiger partial charge in [0, 0.05) is 16.7 Å². The van der Waals surface area contributed by atoms with Crippen molar-refractivity contribution >= 4 is 33.0 Å². The number of hydrogen-bond donors (Lipinski definition) is 2. The van der Waals surface area contributed by atoms with E-state index in [1.807, 2.05) is 0 Å². The molecule has 27 heavy (non-hydrogen) atoms. The molecule has 0 atom stereocenters. The number of phenols is 1. The van der Waals surface area contributed by atoms with Gasteiger partial charge in [-0.2, -0.15) is 0 Å². The molecule has 0 aliphatic carbocycles. The van der Waals surface area contributed by atoms with Crippen LogP contribution in [0.5, 0.6) is 5.75 Å². The summed E-state index contributed by atoms with van der Waals surface area (Å²) in [5.41, 5.74) is 0.624. The number of nitrogens with one attached hydrogen (secondary N) is 1. The highest BCUT2D eigenvalue weighted by atomic mass is 35.5. The van der Waals surface area contributed by atoms with Crippen LogP contribution in [0.15, 0.2) is 57.9 Å². The molecule has 2 N–H and O–H groups in total. The average Bonchev–Trinajstić information content (AvgIpc) is 3.14. The van der Waals surface area contributed by atoms with Gasteiger partial charge in [-0.25, -0.2) is 8.42 Å². The lowest BCUT2D eigenvalue weighted by Crippen LogP contribution is -2.13. The maximum Gasteiger partial charge on any atom is 0.277 e. The summed E-state index contributed by atoms with van der Waals surface area (Å²) in [5.74, 6) is -0.651. The van der Waals surface area contributed by atoms with Crippen LogP contribution in [-0.4, -0.2) is 30.3 Å². The van der Waals surface area contributed by atoms with E-state index in [2.05, 4.69) is 10.5 Å². The minimum absolute atomic E-state index is 0.0000982. The number of amides is 1. The van der Waals surface area contributed by atoms with Crippen molar-refractivity contribution in [2.45, 2.75) is 11.8 Å². The van der Waals surface area contributed by atoms with Gasteiger partial charge in [-0.1, -0.05) is 23.7 Å². The van der Waals surface area contributed by atoms with Crippen LogP contribution >= 0.6 is 11.6 Å². The molecule has 7 nitrogen and oxygen atoms in total. The predicted octanol–water partition coefficient (Wildman–Crippen LogP) is 3.75. The third-order valence-corrected chi connectivity index (χ3v) is 5.81. The van der Waals surface area contributed by atoms with E-state index in [0.717, 1.165) is 0 Å². The van der Waals surface area contributed by atoms with Gasteiger partial charge in [0.2, 0.25) is 0 Å². The van der Waals surface area contributed by atoms with E-state index < -0.39 is 15.7 Å². The summed E-state index contributed by atoms with van der Waals surface area (Å²) in [5, 5.41) is 16.6. The van der Waals surface area contributed by atoms with Gasteiger partial charge >= 0.3 is 0 Å². The number of benzene rings is 2. The molecule has 0 bridgehead atoms. The molecule has 2 aromatic carbocycles. The molecular formula is C18H15ClN2O5S. The zero-order valence-corrected chi connectivity index (χ0v) is 15.7. The minimum Gasteiger partial charge on any atom is -0.506 e. The molecule has 0 radical (unpaired) electrons. The van der Waals surface area contributed by atoms with Crippen LogP contribution in [0.3, 0.4) is 0 Å². The standard InChI is InChI=1S/C18H15ClN2O5S/c1-2-27(24,25)13-7-8-16(22)14(9-13)20-18(23)15-10-17(26-21-15)11-3-5-12(19)6-4-11/h3-10,22H,2H2,1H3,(H,20,23). The molecule has 0 spiro atoms. The number of halogens is 1. The lowest BCUT2D eigenvalue weighted by molar-refractivity contribution is 0.101. The fraction of sp³-hybridized carbons (Fsp3) is 0.111. The summed E-state index contributed by atoms with van der Waals surface area (Å²) in [6, 6.07) is 11.9. The van der Waals surface area contributed by atoms with Crippen molar-refractivity contribution in [3.63, 3.8) is 0 Å². The first kappa shape index (κ1) is 18.9. The molecule has 0 unspecified atom stereocenters. The molecule has 1 heterocycles. The van der Waals surface area contributed by atoms with Gasteiger partial charge in [0.25, 0.3) is 5.91 Å². The molecule has 0 aliphatic rings. The van der Waals surface area contributed by atoms with E-state index in [1.165, 1.54) is 31.2 Å². The number of nitrogens with zero attached hydrogens (tertiary/aromatic N) is 1. The van der Waals surface area contributed by atoms with E-state index >= 15 is 0 Å². The monoisotopic (exact) mass is 406 g/mol. The van der Waals surface area contributed by atoms with Crippen LogP contribution in [0.1, 0.15) is 17.4 Å². The maximum absolute atomic E-state index is 12.4. The SMILES string of the molecule is CCS(=O)(=O)c1ccc(O)c(NC(=O)c2cc(-c3ccc(Cl)cc3)on2)c1. The third kappa shape index (κ3) is 4.12. The van der Waals surface area contributed by atoms with Gasteiger partial charge in [-0.3, -0.25) is 4.79 Å². The van der Waals surface area contributed by atoms with Crippen LogP contribution < -0.4 is 5.32 Å². The molecular weight excluding hydrogens is 392 g/mol. The highest BCUT2D eigenvalue weighted by Crippen LogP contribution is 2.28. The Morgan fingerprint density at radius 3 is 2.56 bits per heavy atom.